The minimum absolute atomic E-state index is 0.123. The van der Waals surface area contributed by atoms with E-state index in [1.807, 2.05) is 16.5 Å². The molecule has 0 spiro atoms. The summed E-state index contributed by atoms with van der Waals surface area (Å²) >= 11 is 0. The first-order valence-electron chi connectivity index (χ1n) is 11.4. The molecule has 1 aromatic heterocycles. The molecule has 2 aromatic rings. The summed E-state index contributed by atoms with van der Waals surface area (Å²) < 4.78 is 15.2. The van der Waals surface area contributed by atoms with Crippen LogP contribution in [0.3, 0.4) is 0 Å². The summed E-state index contributed by atoms with van der Waals surface area (Å²) in [6.07, 6.45) is 2.26. The molecule has 2 atom stereocenters. The van der Waals surface area contributed by atoms with E-state index in [1.165, 1.54) is 17.7 Å². The van der Waals surface area contributed by atoms with Gasteiger partial charge in [-0.15, -0.1) is 0 Å². The molecule has 1 saturated carbocycles. The Bertz CT molecular complexity index is 1020. The van der Waals surface area contributed by atoms with Crippen molar-refractivity contribution in [3.05, 3.63) is 52.6 Å². The maximum absolute atomic E-state index is 13.2. The van der Waals surface area contributed by atoms with Crippen LogP contribution in [0.25, 0.3) is 0 Å². The minimum Gasteiger partial charge on any atom is -0.481 e. The van der Waals surface area contributed by atoms with Crippen molar-refractivity contribution in [1.82, 2.24) is 19.6 Å². The summed E-state index contributed by atoms with van der Waals surface area (Å²) in [6, 6.07) is 6.45. The minimum atomic E-state index is -0.682. The number of fused-ring (bicyclic) bond motifs is 2. The van der Waals surface area contributed by atoms with Crippen molar-refractivity contribution in [2.24, 2.45) is 17.8 Å². The highest BCUT2D eigenvalue weighted by Gasteiger charge is 2.43. The Morgan fingerprint density at radius 1 is 1.16 bits per heavy atom. The van der Waals surface area contributed by atoms with E-state index >= 15 is 0 Å². The monoisotopic (exact) mass is 440 g/mol. The van der Waals surface area contributed by atoms with E-state index < -0.39 is 5.97 Å². The zero-order valence-corrected chi connectivity index (χ0v) is 18.3. The summed E-state index contributed by atoms with van der Waals surface area (Å²) in [5.41, 5.74) is 4.25. The topological polar surface area (TPSA) is 78.7 Å². The average molecular weight is 441 g/mol. The van der Waals surface area contributed by atoms with Gasteiger partial charge in [-0.05, 0) is 61.3 Å². The largest absolute Gasteiger partial charge is 0.481 e. The third-order valence-electron chi connectivity index (χ3n) is 7.47. The van der Waals surface area contributed by atoms with Crippen LogP contribution in [-0.2, 0) is 29.1 Å². The Morgan fingerprint density at radius 3 is 2.50 bits per heavy atom. The molecule has 1 amide bonds. The number of carbonyl (C=O) groups is 2. The number of rotatable bonds is 5. The first-order chi connectivity index (χ1) is 15.4. The summed E-state index contributed by atoms with van der Waals surface area (Å²) in [5.74, 6) is -0.230. The third kappa shape index (κ3) is 4.03. The molecule has 5 rings (SSSR count). The van der Waals surface area contributed by atoms with E-state index in [2.05, 4.69) is 4.90 Å². The molecule has 1 aromatic carbocycles. The van der Waals surface area contributed by atoms with Crippen LogP contribution in [0.2, 0.25) is 0 Å². The highest BCUT2D eigenvalue weighted by atomic mass is 19.1. The van der Waals surface area contributed by atoms with E-state index in [1.54, 1.807) is 12.1 Å². The fraction of sp³-hybridized carbons (Fsp3) is 0.542. The maximum Gasteiger partial charge on any atom is 0.306 e. The molecule has 8 heteroatoms. The Kier molecular flexibility index (Phi) is 5.49. The van der Waals surface area contributed by atoms with E-state index in [0.29, 0.717) is 38.0 Å². The molecule has 1 saturated heterocycles. The SMILES string of the molecule is Cc1nn(Cc2ccc(F)cc2)c2c1CCN(C(=O)CN1CC3CC(C(=O)O)CC3C1)C2. The quantitative estimate of drug-likeness (QED) is 0.772. The van der Waals surface area contributed by atoms with Gasteiger partial charge in [-0.1, -0.05) is 12.1 Å². The van der Waals surface area contributed by atoms with Crippen LogP contribution in [0.5, 0.6) is 0 Å². The number of carbonyl (C=O) groups excluding carboxylic acids is 1. The number of hydrogen-bond acceptors (Lipinski definition) is 4. The molecular weight excluding hydrogens is 411 g/mol. The van der Waals surface area contributed by atoms with Crippen molar-refractivity contribution in [2.45, 2.75) is 39.3 Å². The van der Waals surface area contributed by atoms with Crippen molar-refractivity contribution in [1.29, 1.82) is 0 Å². The van der Waals surface area contributed by atoms with Gasteiger partial charge < -0.3 is 10.0 Å². The lowest BCUT2D eigenvalue weighted by Gasteiger charge is -2.30. The number of carboxylic acids is 1. The van der Waals surface area contributed by atoms with E-state index in [-0.39, 0.29) is 17.6 Å². The average Bonchev–Trinajstić information content (AvgIpc) is 3.41. The van der Waals surface area contributed by atoms with Crippen LogP contribution in [0.15, 0.2) is 24.3 Å². The second-order valence-corrected chi connectivity index (χ2v) is 9.58. The van der Waals surface area contributed by atoms with Crippen molar-refractivity contribution in [2.75, 3.05) is 26.2 Å². The van der Waals surface area contributed by atoms with Gasteiger partial charge in [0.1, 0.15) is 5.82 Å². The zero-order valence-electron chi connectivity index (χ0n) is 18.3. The molecule has 32 heavy (non-hydrogen) atoms. The lowest BCUT2D eigenvalue weighted by Crippen LogP contribution is -2.43. The molecule has 170 valence electrons. The van der Waals surface area contributed by atoms with Gasteiger partial charge in [-0.2, -0.15) is 5.10 Å². The van der Waals surface area contributed by atoms with Gasteiger partial charge in [0.15, 0.2) is 0 Å². The second kappa shape index (κ2) is 8.31. The highest BCUT2D eigenvalue weighted by Crippen LogP contribution is 2.41. The van der Waals surface area contributed by atoms with Gasteiger partial charge in [-0.25, -0.2) is 4.39 Å². The first-order valence-corrected chi connectivity index (χ1v) is 11.4. The van der Waals surface area contributed by atoms with Gasteiger partial charge in [0.25, 0.3) is 0 Å². The summed E-state index contributed by atoms with van der Waals surface area (Å²) in [4.78, 5) is 28.5. The number of carboxylic acid groups (broad SMARTS) is 1. The van der Waals surface area contributed by atoms with E-state index in [9.17, 15) is 19.1 Å². The highest BCUT2D eigenvalue weighted by molar-refractivity contribution is 5.78. The number of nitrogens with zero attached hydrogens (tertiary/aromatic N) is 4. The maximum atomic E-state index is 13.2. The molecule has 3 heterocycles. The molecule has 3 aliphatic rings. The Hall–Kier alpha value is -2.74. The van der Waals surface area contributed by atoms with Crippen LogP contribution in [0.4, 0.5) is 4.39 Å². The second-order valence-electron chi connectivity index (χ2n) is 9.58. The number of amides is 1. The fourth-order valence-electron chi connectivity index (χ4n) is 5.80. The van der Waals surface area contributed by atoms with Crippen molar-refractivity contribution >= 4 is 11.9 Å². The summed E-state index contributed by atoms with van der Waals surface area (Å²) in [7, 11) is 0. The Labute approximate surface area is 186 Å². The lowest BCUT2D eigenvalue weighted by molar-refractivity contribution is -0.142. The number of aromatic nitrogens is 2. The van der Waals surface area contributed by atoms with Crippen molar-refractivity contribution in [3.8, 4) is 0 Å². The predicted octanol–water partition coefficient (Wildman–Crippen LogP) is 2.31. The van der Waals surface area contributed by atoms with E-state index in [0.717, 1.165) is 49.3 Å². The van der Waals surface area contributed by atoms with Gasteiger partial charge in [0.2, 0.25) is 5.91 Å². The number of aryl methyl sites for hydroxylation is 1. The molecule has 1 aliphatic carbocycles. The number of likely N-dealkylation sites (tertiary alicyclic amines) is 1. The number of benzene rings is 1. The number of halogens is 1. The summed E-state index contributed by atoms with van der Waals surface area (Å²) in [6.45, 7) is 5.82. The van der Waals surface area contributed by atoms with Crippen LogP contribution in [0, 0.1) is 30.5 Å². The standard InChI is InChI=1S/C24H29FN4O3/c1-15-21-6-7-28(13-22(21)29(26-15)10-16-2-4-20(25)5-3-16)23(30)14-27-11-18-8-17(24(31)32)9-19(18)12-27/h2-5,17-19H,6-14H2,1H3,(H,31,32). The molecular formula is C24H29FN4O3. The molecule has 2 unspecified atom stereocenters. The van der Waals surface area contributed by atoms with Crippen LogP contribution in [-0.4, -0.2) is 62.7 Å². The molecule has 0 radical (unpaired) electrons. The Morgan fingerprint density at radius 2 is 1.84 bits per heavy atom. The van der Waals surface area contributed by atoms with Gasteiger partial charge >= 0.3 is 5.97 Å². The lowest BCUT2D eigenvalue weighted by atomic mass is 10.0. The normalized spacial score (nSPS) is 25.1. The van der Waals surface area contributed by atoms with Crippen LogP contribution < -0.4 is 0 Å². The van der Waals surface area contributed by atoms with Gasteiger partial charge in [-0.3, -0.25) is 19.2 Å². The fourth-order valence-corrected chi connectivity index (χ4v) is 5.80. The summed E-state index contributed by atoms with van der Waals surface area (Å²) in [5, 5.41) is 14.0. The molecule has 1 N–H and O–H groups in total. The van der Waals surface area contributed by atoms with Crippen molar-refractivity contribution in [3.63, 3.8) is 0 Å². The van der Waals surface area contributed by atoms with Gasteiger partial charge in [0, 0.05) is 19.6 Å². The number of hydrogen-bond donors (Lipinski definition) is 1. The van der Waals surface area contributed by atoms with Gasteiger partial charge in [0.05, 0.1) is 36.9 Å². The first kappa shape index (κ1) is 21.1. The Balaban J connectivity index is 1.22. The smallest absolute Gasteiger partial charge is 0.306 e. The number of aliphatic carboxylic acids is 1. The van der Waals surface area contributed by atoms with Crippen LogP contribution in [0.1, 0.15) is 35.4 Å². The molecule has 2 fully saturated rings. The van der Waals surface area contributed by atoms with E-state index in [4.69, 9.17) is 5.10 Å². The van der Waals surface area contributed by atoms with Crippen LogP contribution >= 0.6 is 0 Å². The predicted molar refractivity (Wildman–Crippen MR) is 115 cm³/mol. The molecule has 7 nitrogen and oxygen atoms in total. The molecule has 2 aliphatic heterocycles. The molecule has 0 bridgehead atoms. The zero-order chi connectivity index (χ0) is 22.4. The third-order valence-corrected chi connectivity index (χ3v) is 7.47. The van der Waals surface area contributed by atoms with Crippen molar-refractivity contribution < 1.29 is 19.1 Å².